The van der Waals surface area contributed by atoms with Gasteiger partial charge in [0.25, 0.3) is 11.7 Å². The average molecular weight is 513 g/mol. The summed E-state index contributed by atoms with van der Waals surface area (Å²) in [5.74, 6) is -1.15. The third-order valence-electron chi connectivity index (χ3n) is 6.25. The van der Waals surface area contributed by atoms with Gasteiger partial charge in [0.05, 0.1) is 24.8 Å². The van der Waals surface area contributed by atoms with Gasteiger partial charge in [0, 0.05) is 12.1 Å². The van der Waals surface area contributed by atoms with Gasteiger partial charge in [0.15, 0.2) is 11.5 Å². The Morgan fingerprint density at radius 3 is 2.38 bits per heavy atom. The van der Waals surface area contributed by atoms with Crippen LogP contribution in [0.2, 0.25) is 0 Å². The number of hydrogen-bond donors (Lipinski definition) is 1. The third kappa shape index (κ3) is 6.89. The summed E-state index contributed by atoms with van der Waals surface area (Å²) in [6.45, 7) is 6.01. The lowest BCUT2D eigenvalue weighted by Gasteiger charge is -2.26. The predicted molar refractivity (Wildman–Crippen MR) is 141 cm³/mol. The van der Waals surface area contributed by atoms with Crippen LogP contribution in [0.1, 0.15) is 56.7 Å². The van der Waals surface area contributed by atoms with Gasteiger partial charge < -0.3 is 24.4 Å². The van der Waals surface area contributed by atoms with Crippen molar-refractivity contribution in [1.82, 2.24) is 9.80 Å². The zero-order chi connectivity index (χ0) is 26.9. The summed E-state index contributed by atoms with van der Waals surface area (Å²) in [6, 6.07) is 9.71. The van der Waals surface area contributed by atoms with Crippen LogP contribution in [-0.4, -0.2) is 67.0 Å². The molecule has 3 rings (SSSR count). The number of unbranched alkanes of at least 4 members (excludes halogenated alkanes) is 2. The van der Waals surface area contributed by atoms with E-state index in [0.29, 0.717) is 43.2 Å². The molecular formula is C29H37FN2O5. The highest BCUT2D eigenvalue weighted by atomic mass is 19.1. The van der Waals surface area contributed by atoms with Gasteiger partial charge in [-0.15, -0.1) is 0 Å². The van der Waals surface area contributed by atoms with Crippen LogP contribution in [0, 0.1) is 5.82 Å². The van der Waals surface area contributed by atoms with Crippen molar-refractivity contribution in [2.24, 2.45) is 0 Å². The van der Waals surface area contributed by atoms with Crippen molar-refractivity contribution < 1.29 is 28.6 Å². The molecule has 1 N–H and O–H groups in total. The van der Waals surface area contributed by atoms with Gasteiger partial charge >= 0.3 is 0 Å². The first kappa shape index (κ1) is 28.2. The molecule has 1 heterocycles. The number of aliphatic hydroxyl groups excluding tert-OH is 1. The van der Waals surface area contributed by atoms with E-state index in [4.69, 9.17) is 9.47 Å². The van der Waals surface area contributed by atoms with E-state index in [1.165, 1.54) is 29.2 Å². The number of benzene rings is 2. The second-order valence-corrected chi connectivity index (χ2v) is 9.35. The second kappa shape index (κ2) is 13.2. The summed E-state index contributed by atoms with van der Waals surface area (Å²) < 4.78 is 25.3. The van der Waals surface area contributed by atoms with Crippen molar-refractivity contribution in [2.75, 3.05) is 40.4 Å². The molecule has 2 aromatic carbocycles. The summed E-state index contributed by atoms with van der Waals surface area (Å²) in [4.78, 5) is 29.9. The number of amides is 1. The summed E-state index contributed by atoms with van der Waals surface area (Å²) in [5.41, 5.74) is 0.858. The van der Waals surface area contributed by atoms with Gasteiger partial charge in [-0.2, -0.15) is 0 Å². The van der Waals surface area contributed by atoms with Gasteiger partial charge in [-0.3, -0.25) is 9.59 Å². The fourth-order valence-corrected chi connectivity index (χ4v) is 4.39. The lowest BCUT2D eigenvalue weighted by atomic mass is 9.95. The van der Waals surface area contributed by atoms with E-state index in [9.17, 15) is 19.1 Å². The van der Waals surface area contributed by atoms with Crippen molar-refractivity contribution in [3.63, 3.8) is 0 Å². The van der Waals surface area contributed by atoms with Crippen molar-refractivity contribution in [1.29, 1.82) is 0 Å². The van der Waals surface area contributed by atoms with Crippen LogP contribution >= 0.6 is 0 Å². The summed E-state index contributed by atoms with van der Waals surface area (Å²) in [7, 11) is 3.88. The smallest absolute Gasteiger partial charge is 0.295 e. The number of carbonyl (C=O) groups excluding carboxylic acids is 2. The number of carbonyl (C=O) groups is 2. The molecule has 1 fully saturated rings. The van der Waals surface area contributed by atoms with Gasteiger partial charge in [-0.05, 0) is 82.4 Å². The molecule has 7 nitrogen and oxygen atoms in total. The standard InChI is InChI=1S/C29H37FN2O5/c1-5-7-8-18-37-23-15-12-21(19-24(23)36-6-2)26-25(27(33)20-10-13-22(30)14-11-20)28(34)29(35)32(26)17-9-16-31(3)4/h10-15,19,26,33H,5-9,16-18H2,1-4H3. The zero-order valence-corrected chi connectivity index (χ0v) is 22.1. The molecular weight excluding hydrogens is 475 g/mol. The van der Waals surface area contributed by atoms with Crippen LogP contribution in [0.25, 0.3) is 5.76 Å². The minimum Gasteiger partial charge on any atom is -0.507 e. The van der Waals surface area contributed by atoms with E-state index in [2.05, 4.69) is 6.92 Å². The second-order valence-electron chi connectivity index (χ2n) is 9.35. The van der Waals surface area contributed by atoms with E-state index in [0.717, 1.165) is 25.8 Å². The van der Waals surface area contributed by atoms with E-state index in [1.807, 2.05) is 25.9 Å². The molecule has 1 amide bonds. The van der Waals surface area contributed by atoms with Crippen LogP contribution in [-0.2, 0) is 9.59 Å². The SMILES string of the molecule is CCCCCOc1ccc(C2C(=C(O)c3ccc(F)cc3)C(=O)C(=O)N2CCCN(C)C)cc1OCC. The molecule has 1 aliphatic rings. The fraction of sp³-hybridized carbons (Fsp3) is 0.448. The Morgan fingerprint density at radius 1 is 1.00 bits per heavy atom. The number of Topliss-reactive ketones (excluding diaryl/α,β-unsaturated/α-hetero) is 1. The van der Waals surface area contributed by atoms with Crippen molar-refractivity contribution >= 4 is 17.4 Å². The summed E-state index contributed by atoms with van der Waals surface area (Å²) in [5, 5.41) is 11.1. The van der Waals surface area contributed by atoms with Crippen LogP contribution in [0.4, 0.5) is 4.39 Å². The molecule has 1 atom stereocenters. The maximum absolute atomic E-state index is 13.5. The predicted octanol–water partition coefficient (Wildman–Crippen LogP) is 5.17. The Morgan fingerprint density at radius 2 is 1.73 bits per heavy atom. The summed E-state index contributed by atoms with van der Waals surface area (Å²) in [6.07, 6.45) is 3.71. The molecule has 1 saturated heterocycles. The fourth-order valence-electron chi connectivity index (χ4n) is 4.39. The maximum atomic E-state index is 13.5. The van der Waals surface area contributed by atoms with E-state index in [1.54, 1.807) is 18.2 Å². The van der Waals surface area contributed by atoms with Gasteiger partial charge in [-0.1, -0.05) is 25.8 Å². The molecule has 1 aliphatic heterocycles. The third-order valence-corrected chi connectivity index (χ3v) is 6.25. The molecule has 8 heteroatoms. The average Bonchev–Trinajstić information content (AvgIpc) is 3.12. The molecule has 0 aliphatic carbocycles. The molecule has 37 heavy (non-hydrogen) atoms. The lowest BCUT2D eigenvalue weighted by molar-refractivity contribution is -0.139. The van der Waals surface area contributed by atoms with Gasteiger partial charge in [0.2, 0.25) is 0 Å². The Hall–Kier alpha value is -3.39. The van der Waals surface area contributed by atoms with Gasteiger partial charge in [0.1, 0.15) is 11.6 Å². The van der Waals surface area contributed by atoms with Crippen molar-refractivity contribution in [3.05, 3.63) is 65.0 Å². The van der Waals surface area contributed by atoms with Crippen LogP contribution in [0.5, 0.6) is 11.5 Å². The highest BCUT2D eigenvalue weighted by Crippen LogP contribution is 2.42. The quantitative estimate of drug-likeness (QED) is 0.173. The zero-order valence-electron chi connectivity index (χ0n) is 22.1. The molecule has 0 aromatic heterocycles. The van der Waals surface area contributed by atoms with Crippen LogP contribution in [0.3, 0.4) is 0 Å². The number of likely N-dealkylation sites (tertiary alicyclic amines) is 1. The first-order valence-electron chi connectivity index (χ1n) is 12.9. The Kier molecular flexibility index (Phi) is 10.1. The number of hydrogen-bond acceptors (Lipinski definition) is 6. The van der Waals surface area contributed by atoms with E-state index < -0.39 is 23.5 Å². The number of halogens is 1. The highest BCUT2D eigenvalue weighted by Gasteiger charge is 2.46. The maximum Gasteiger partial charge on any atom is 0.295 e. The molecule has 0 bridgehead atoms. The Balaban J connectivity index is 2.06. The molecule has 0 saturated carbocycles. The molecule has 200 valence electrons. The first-order chi connectivity index (χ1) is 17.8. The van der Waals surface area contributed by atoms with E-state index in [-0.39, 0.29) is 16.9 Å². The van der Waals surface area contributed by atoms with Crippen molar-refractivity contribution in [3.8, 4) is 11.5 Å². The number of aliphatic hydroxyl groups is 1. The van der Waals surface area contributed by atoms with Crippen LogP contribution in [0.15, 0.2) is 48.0 Å². The lowest BCUT2D eigenvalue weighted by Crippen LogP contribution is -2.32. The topological polar surface area (TPSA) is 79.3 Å². The minimum atomic E-state index is -0.819. The highest BCUT2D eigenvalue weighted by molar-refractivity contribution is 6.46. The number of rotatable bonds is 13. The van der Waals surface area contributed by atoms with E-state index >= 15 is 0 Å². The minimum absolute atomic E-state index is 0.0273. The normalized spacial score (nSPS) is 17.0. The molecule has 0 radical (unpaired) electrons. The first-order valence-corrected chi connectivity index (χ1v) is 12.9. The largest absolute Gasteiger partial charge is 0.507 e. The number of nitrogens with zero attached hydrogens (tertiary/aromatic N) is 2. The molecule has 2 aromatic rings. The van der Waals surface area contributed by atoms with Crippen molar-refractivity contribution in [2.45, 2.75) is 45.6 Å². The van der Waals surface area contributed by atoms with Gasteiger partial charge in [-0.25, -0.2) is 4.39 Å². The number of ether oxygens (including phenoxy) is 2. The Labute approximate surface area is 218 Å². The summed E-state index contributed by atoms with van der Waals surface area (Å²) >= 11 is 0. The molecule has 1 unspecified atom stereocenters. The monoisotopic (exact) mass is 512 g/mol. The number of ketones is 1. The van der Waals surface area contributed by atoms with Crippen LogP contribution < -0.4 is 9.47 Å². The Bertz CT molecular complexity index is 1110. The molecule has 0 spiro atoms.